The van der Waals surface area contributed by atoms with E-state index in [9.17, 15) is 4.79 Å². The third-order valence-corrected chi connectivity index (χ3v) is 8.20. The van der Waals surface area contributed by atoms with E-state index in [1.807, 2.05) is 19.4 Å². The number of rotatable bonds is 1. The minimum absolute atomic E-state index is 0.560. The SMILES string of the molecule is O=[C](O)[PbH]1[CH]=CC=[CH]1. The van der Waals surface area contributed by atoms with Crippen molar-refractivity contribution in [1.29, 1.82) is 0 Å². The molecule has 0 bridgehead atoms. The van der Waals surface area contributed by atoms with E-state index in [1.165, 1.54) is 0 Å². The summed E-state index contributed by atoms with van der Waals surface area (Å²) >= 11 is -2.33. The molecule has 42 valence electrons. The van der Waals surface area contributed by atoms with E-state index < -0.39 is 26.2 Å². The summed E-state index contributed by atoms with van der Waals surface area (Å²) in [6.07, 6.45) is 3.67. The van der Waals surface area contributed by atoms with Gasteiger partial charge in [-0.15, -0.1) is 0 Å². The summed E-state index contributed by atoms with van der Waals surface area (Å²) in [7, 11) is 0. The first-order valence-corrected chi connectivity index (χ1v) is 9.81. The van der Waals surface area contributed by atoms with E-state index in [0.29, 0.717) is 0 Å². The summed E-state index contributed by atoms with van der Waals surface area (Å²) in [4.78, 5) is 10.2. The Hall–Kier alpha value is -0.128. The van der Waals surface area contributed by atoms with Gasteiger partial charge in [-0.3, -0.25) is 0 Å². The van der Waals surface area contributed by atoms with Gasteiger partial charge in [0, 0.05) is 0 Å². The van der Waals surface area contributed by atoms with Crippen molar-refractivity contribution in [2.75, 3.05) is 0 Å². The van der Waals surface area contributed by atoms with Crippen molar-refractivity contribution in [3.63, 3.8) is 0 Å². The molecule has 0 unspecified atom stereocenters. The van der Waals surface area contributed by atoms with Crippen molar-refractivity contribution in [1.82, 2.24) is 0 Å². The van der Waals surface area contributed by atoms with Crippen molar-refractivity contribution in [3.05, 3.63) is 19.4 Å². The van der Waals surface area contributed by atoms with Crippen LogP contribution in [-0.4, -0.2) is 31.3 Å². The number of allylic oxidation sites excluding steroid dienone is 2. The number of hydrogen-bond donors (Lipinski definition) is 1. The van der Waals surface area contributed by atoms with E-state index in [1.54, 1.807) is 0 Å². The molecule has 0 aromatic rings. The van der Waals surface area contributed by atoms with Gasteiger partial charge in [-0.1, -0.05) is 0 Å². The van der Waals surface area contributed by atoms with Crippen LogP contribution in [0.2, 0.25) is 0 Å². The molecule has 1 N–H and O–H groups in total. The quantitative estimate of drug-likeness (QED) is 0.723. The Balaban J connectivity index is 2.62. The van der Waals surface area contributed by atoms with Crippen molar-refractivity contribution in [3.8, 4) is 0 Å². The van der Waals surface area contributed by atoms with E-state index in [-0.39, 0.29) is 0 Å². The molecule has 0 atom stereocenters. The van der Waals surface area contributed by atoms with Gasteiger partial charge in [0.2, 0.25) is 0 Å². The maximum absolute atomic E-state index is 10.2. The molecule has 1 heterocycles. The number of carbonyl (C=O) groups is 1. The first-order valence-electron chi connectivity index (χ1n) is 2.38. The zero-order valence-corrected chi connectivity index (χ0v) is 8.73. The van der Waals surface area contributed by atoms with E-state index >= 15 is 0 Å². The van der Waals surface area contributed by atoms with Crippen LogP contribution in [-0.2, 0) is 0 Å². The molecule has 1 aliphatic heterocycles. The Kier molecular flexibility index (Phi) is 1.82. The first kappa shape index (κ1) is 6.00. The molecule has 0 amide bonds. The van der Waals surface area contributed by atoms with Gasteiger partial charge in [0.25, 0.3) is 0 Å². The Morgan fingerprint density at radius 2 is 1.88 bits per heavy atom. The van der Waals surface area contributed by atoms with Crippen LogP contribution in [0.1, 0.15) is 0 Å². The fourth-order valence-corrected chi connectivity index (χ4v) is 5.23. The summed E-state index contributed by atoms with van der Waals surface area (Å²) in [6, 6.07) is 0. The maximum atomic E-state index is 10.2. The second-order valence-electron chi connectivity index (χ2n) is 1.63. The first-order chi connectivity index (χ1) is 3.80. The molecule has 0 aromatic heterocycles. The molecule has 0 saturated carbocycles. The van der Waals surface area contributed by atoms with Gasteiger partial charge in [0.15, 0.2) is 0 Å². The van der Waals surface area contributed by atoms with Gasteiger partial charge >= 0.3 is 55.6 Å². The third-order valence-electron chi connectivity index (χ3n) is 1.03. The Morgan fingerprint density at radius 3 is 2.12 bits per heavy atom. The summed E-state index contributed by atoms with van der Waals surface area (Å²) in [5.74, 6) is 0. The molecular weight excluding hydrogens is 299 g/mol. The van der Waals surface area contributed by atoms with Gasteiger partial charge < -0.3 is 0 Å². The average Bonchev–Trinajstić information content (AvgIpc) is 2.12. The second-order valence-corrected chi connectivity index (χ2v) is 10.6. The molecule has 0 aliphatic carbocycles. The van der Waals surface area contributed by atoms with Crippen LogP contribution in [0, 0.1) is 0 Å². The minimum atomic E-state index is -2.33. The third kappa shape index (κ3) is 1.18. The van der Waals surface area contributed by atoms with Crippen LogP contribution in [0.4, 0.5) is 4.79 Å². The van der Waals surface area contributed by atoms with Gasteiger partial charge in [-0.2, -0.15) is 0 Å². The number of carboxylic acid groups (broad SMARTS) is 1. The predicted molar refractivity (Wildman–Crippen MR) is 33.5 cm³/mol. The van der Waals surface area contributed by atoms with Crippen LogP contribution in [0.15, 0.2) is 19.4 Å². The fourth-order valence-electron chi connectivity index (χ4n) is 0.596. The zero-order valence-electron chi connectivity index (χ0n) is 4.24. The molecule has 0 aromatic carbocycles. The molecular formula is C5H6O2Pb. The Morgan fingerprint density at radius 1 is 1.38 bits per heavy atom. The summed E-state index contributed by atoms with van der Waals surface area (Å²) in [5, 5.41) is 8.41. The molecule has 0 spiro atoms. The monoisotopic (exact) mass is 306 g/mol. The van der Waals surface area contributed by atoms with Gasteiger partial charge in [-0.05, 0) is 0 Å². The topological polar surface area (TPSA) is 37.3 Å². The molecule has 2 nitrogen and oxygen atoms in total. The number of hydrogen-bond acceptors (Lipinski definition) is 1. The van der Waals surface area contributed by atoms with Crippen LogP contribution in [0.25, 0.3) is 0 Å². The standard InChI is InChI=1S/C4H4.CHO2.Pb.H/c1-3-4-2;2-1-3;;/h1-4H;(H,2,3);;. The van der Waals surface area contributed by atoms with E-state index in [2.05, 4.69) is 0 Å². The van der Waals surface area contributed by atoms with Crippen LogP contribution >= 0.6 is 0 Å². The van der Waals surface area contributed by atoms with Crippen molar-refractivity contribution in [2.45, 2.75) is 0 Å². The van der Waals surface area contributed by atoms with Crippen molar-refractivity contribution in [2.24, 2.45) is 0 Å². The van der Waals surface area contributed by atoms with Crippen molar-refractivity contribution >= 4 is 26.2 Å². The van der Waals surface area contributed by atoms with Gasteiger partial charge in [-0.25, -0.2) is 0 Å². The molecule has 1 rings (SSSR count). The van der Waals surface area contributed by atoms with E-state index in [0.717, 1.165) is 0 Å². The zero-order chi connectivity index (χ0) is 5.98. The molecule has 3 heteroatoms. The summed E-state index contributed by atoms with van der Waals surface area (Å²) in [5.41, 5.74) is 0. The normalized spacial score (nSPS) is 17.5. The van der Waals surface area contributed by atoms with Crippen LogP contribution < -0.4 is 0 Å². The van der Waals surface area contributed by atoms with Gasteiger partial charge in [0.05, 0.1) is 0 Å². The second kappa shape index (κ2) is 2.43. The Labute approximate surface area is 55.6 Å². The fraction of sp³-hybridized carbons (Fsp3) is 0. The summed E-state index contributed by atoms with van der Waals surface area (Å²) in [6.45, 7) is 0. The summed E-state index contributed by atoms with van der Waals surface area (Å²) < 4.78 is 3.17. The molecule has 1 aliphatic rings. The van der Waals surface area contributed by atoms with Crippen molar-refractivity contribution < 1.29 is 9.90 Å². The van der Waals surface area contributed by atoms with Crippen LogP contribution in [0.3, 0.4) is 0 Å². The van der Waals surface area contributed by atoms with E-state index in [4.69, 9.17) is 5.11 Å². The van der Waals surface area contributed by atoms with Crippen LogP contribution in [0.5, 0.6) is 0 Å². The van der Waals surface area contributed by atoms with Gasteiger partial charge in [0.1, 0.15) is 0 Å². The Bertz CT molecular complexity index is 148. The average molecular weight is 305 g/mol. The molecule has 8 heavy (non-hydrogen) atoms. The predicted octanol–water partition coefficient (Wildman–Crippen LogP) is 0.678. The molecule has 0 fully saturated rings. The molecule has 0 saturated heterocycles. The molecule has 0 radical (unpaired) electrons.